The monoisotopic (exact) mass is 274 g/mol. The molecule has 1 unspecified atom stereocenters. The van der Waals surface area contributed by atoms with Gasteiger partial charge >= 0.3 is 0 Å². The maximum absolute atomic E-state index is 12.1. The van der Waals surface area contributed by atoms with Gasteiger partial charge in [0, 0.05) is 19.4 Å². The third kappa shape index (κ3) is 1.87. The van der Waals surface area contributed by atoms with Crippen molar-refractivity contribution in [1.29, 1.82) is 0 Å². The fourth-order valence-electron chi connectivity index (χ4n) is 4.11. The summed E-state index contributed by atoms with van der Waals surface area (Å²) >= 11 is 0. The maximum Gasteiger partial charge on any atom is 0.161 e. The number of methoxy groups -OCH3 is 2. The van der Waals surface area contributed by atoms with Gasteiger partial charge in [-0.05, 0) is 47.9 Å². The molecule has 0 amide bonds. The fraction of sp³-hybridized carbons (Fsp3) is 0.588. The highest BCUT2D eigenvalue weighted by Crippen LogP contribution is 2.50. The molecule has 0 bridgehead atoms. The molecule has 1 aromatic carbocycles. The minimum atomic E-state index is -0.242. The number of rotatable bonds is 2. The Morgan fingerprint density at radius 3 is 2.75 bits per heavy atom. The molecule has 1 saturated carbocycles. The van der Waals surface area contributed by atoms with Crippen LogP contribution >= 0.6 is 0 Å². The Morgan fingerprint density at radius 1 is 1.25 bits per heavy atom. The third-order valence-electron chi connectivity index (χ3n) is 5.30. The predicted octanol–water partition coefficient (Wildman–Crippen LogP) is 2.89. The van der Waals surface area contributed by atoms with E-state index in [0.717, 1.165) is 25.0 Å². The number of carbonyl (C=O) groups is 1. The van der Waals surface area contributed by atoms with Gasteiger partial charge in [-0.15, -0.1) is 0 Å². The van der Waals surface area contributed by atoms with Gasteiger partial charge in [-0.1, -0.05) is 13.0 Å². The van der Waals surface area contributed by atoms with E-state index in [0.29, 0.717) is 6.42 Å². The number of hydrogen-bond acceptors (Lipinski definition) is 3. The minimum absolute atomic E-state index is 0.0245. The Bertz CT molecular complexity index is 537. The summed E-state index contributed by atoms with van der Waals surface area (Å²) in [5.41, 5.74) is 2.77. The van der Waals surface area contributed by atoms with Crippen LogP contribution in [0.4, 0.5) is 0 Å². The normalized spacial score (nSPS) is 32.5. The van der Waals surface area contributed by atoms with E-state index >= 15 is 0 Å². The zero-order valence-corrected chi connectivity index (χ0v) is 12.4. The van der Waals surface area contributed by atoms with E-state index in [9.17, 15) is 4.79 Å². The molecule has 3 heteroatoms. The molecular formula is C17H22O3. The van der Waals surface area contributed by atoms with E-state index in [2.05, 4.69) is 19.1 Å². The Labute approximate surface area is 120 Å². The summed E-state index contributed by atoms with van der Waals surface area (Å²) in [6.45, 7) is 2.29. The lowest BCUT2D eigenvalue weighted by Crippen LogP contribution is -2.51. The first-order valence-corrected chi connectivity index (χ1v) is 7.33. The minimum Gasteiger partial charge on any atom is -0.497 e. The molecule has 3 nitrogen and oxygen atoms in total. The van der Waals surface area contributed by atoms with Gasteiger partial charge in [-0.2, -0.15) is 0 Å². The molecule has 0 saturated heterocycles. The Kier molecular flexibility index (Phi) is 3.33. The second-order valence-electron chi connectivity index (χ2n) is 6.21. The second-order valence-corrected chi connectivity index (χ2v) is 6.21. The lowest BCUT2D eigenvalue weighted by Gasteiger charge is -2.49. The van der Waals surface area contributed by atoms with Crippen molar-refractivity contribution in [3.8, 4) is 5.75 Å². The van der Waals surface area contributed by atoms with Crippen LogP contribution in [0.1, 0.15) is 37.3 Å². The van der Waals surface area contributed by atoms with Gasteiger partial charge in [-0.25, -0.2) is 0 Å². The van der Waals surface area contributed by atoms with Crippen LogP contribution in [0.5, 0.6) is 5.75 Å². The van der Waals surface area contributed by atoms with Crippen molar-refractivity contribution in [2.45, 2.75) is 44.1 Å². The third-order valence-corrected chi connectivity index (χ3v) is 5.30. The SMILES string of the molecule is COc1ccc2c(c1)C1(C)CCC(=O)[C@@H](OC)[C@@H]1CC2. The number of carbonyl (C=O) groups excluding carboxylic acids is 1. The number of hydrogen-bond donors (Lipinski definition) is 0. The maximum atomic E-state index is 12.1. The van der Waals surface area contributed by atoms with E-state index in [4.69, 9.17) is 9.47 Å². The van der Waals surface area contributed by atoms with Crippen LogP contribution in [0, 0.1) is 5.92 Å². The zero-order chi connectivity index (χ0) is 14.3. The van der Waals surface area contributed by atoms with Gasteiger partial charge in [0.25, 0.3) is 0 Å². The number of Topliss-reactive ketones (excluding diaryl/α,β-unsaturated/α-hetero) is 1. The number of fused-ring (bicyclic) bond motifs is 3. The van der Waals surface area contributed by atoms with Gasteiger partial charge in [0.15, 0.2) is 5.78 Å². The number of ether oxygens (including phenoxy) is 2. The topological polar surface area (TPSA) is 35.5 Å². The van der Waals surface area contributed by atoms with Crippen LogP contribution in [-0.4, -0.2) is 26.1 Å². The lowest BCUT2D eigenvalue weighted by molar-refractivity contribution is -0.139. The molecule has 1 aromatic rings. The zero-order valence-electron chi connectivity index (χ0n) is 12.4. The van der Waals surface area contributed by atoms with E-state index in [1.54, 1.807) is 14.2 Å². The molecule has 1 fully saturated rings. The molecule has 3 rings (SSSR count). The summed E-state index contributed by atoms with van der Waals surface area (Å²) in [6.07, 6.45) is 3.33. The van der Waals surface area contributed by atoms with Crippen LogP contribution in [0.3, 0.4) is 0 Å². The first-order valence-electron chi connectivity index (χ1n) is 7.33. The average Bonchev–Trinajstić information content (AvgIpc) is 2.47. The van der Waals surface area contributed by atoms with Crippen molar-refractivity contribution in [2.24, 2.45) is 5.92 Å². The summed E-state index contributed by atoms with van der Waals surface area (Å²) in [6, 6.07) is 6.36. The van der Waals surface area contributed by atoms with Gasteiger partial charge in [-0.3, -0.25) is 4.79 Å². The molecule has 2 aliphatic rings. The van der Waals surface area contributed by atoms with Crippen molar-refractivity contribution in [3.63, 3.8) is 0 Å². The van der Waals surface area contributed by atoms with E-state index in [-0.39, 0.29) is 23.2 Å². The second kappa shape index (κ2) is 4.88. The van der Waals surface area contributed by atoms with Crippen molar-refractivity contribution < 1.29 is 14.3 Å². The molecule has 0 radical (unpaired) electrons. The Morgan fingerprint density at radius 2 is 2.05 bits per heavy atom. The Balaban J connectivity index is 2.07. The lowest BCUT2D eigenvalue weighted by atomic mass is 9.57. The summed E-state index contributed by atoms with van der Waals surface area (Å²) in [4.78, 5) is 12.1. The summed E-state index contributed by atoms with van der Waals surface area (Å²) < 4.78 is 10.9. The van der Waals surface area contributed by atoms with Gasteiger partial charge in [0.1, 0.15) is 11.9 Å². The molecule has 0 aromatic heterocycles. The molecule has 0 aliphatic heterocycles. The first kappa shape index (κ1) is 13.6. The molecular weight excluding hydrogens is 252 g/mol. The number of benzene rings is 1. The smallest absolute Gasteiger partial charge is 0.161 e. The van der Waals surface area contributed by atoms with Crippen molar-refractivity contribution in [2.75, 3.05) is 14.2 Å². The molecule has 3 atom stereocenters. The van der Waals surface area contributed by atoms with Crippen molar-refractivity contribution in [3.05, 3.63) is 29.3 Å². The van der Waals surface area contributed by atoms with Crippen LogP contribution in [0.15, 0.2) is 18.2 Å². The Hall–Kier alpha value is -1.35. The summed E-state index contributed by atoms with van der Waals surface area (Å²) in [5.74, 6) is 1.45. The molecule has 2 aliphatic carbocycles. The first-order chi connectivity index (χ1) is 9.60. The number of aryl methyl sites for hydroxylation is 1. The molecule has 0 N–H and O–H groups in total. The van der Waals surface area contributed by atoms with Crippen molar-refractivity contribution >= 4 is 5.78 Å². The molecule has 0 heterocycles. The van der Waals surface area contributed by atoms with Crippen molar-refractivity contribution in [1.82, 2.24) is 0 Å². The molecule has 20 heavy (non-hydrogen) atoms. The summed E-state index contributed by atoms with van der Waals surface area (Å²) in [7, 11) is 3.36. The largest absolute Gasteiger partial charge is 0.497 e. The van der Waals surface area contributed by atoms with E-state index in [1.165, 1.54) is 11.1 Å². The van der Waals surface area contributed by atoms with E-state index < -0.39 is 0 Å². The quantitative estimate of drug-likeness (QED) is 0.832. The number of ketones is 1. The van der Waals surface area contributed by atoms with Crippen LogP contribution in [-0.2, 0) is 21.4 Å². The average molecular weight is 274 g/mol. The molecule has 108 valence electrons. The van der Waals surface area contributed by atoms with E-state index in [1.807, 2.05) is 6.07 Å². The molecule has 0 spiro atoms. The standard InChI is InChI=1S/C17H22O3/c1-17-9-8-15(18)16(20-3)13(17)7-5-11-4-6-12(19-2)10-14(11)17/h4,6,10,13,16H,5,7-9H2,1-3H3/t13-,16-,17?/m0/s1. The highest BCUT2D eigenvalue weighted by Gasteiger charge is 2.49. The predicted molar refractivity (Wildman–Crippen MR) is 77.2 cm³/mol. The highest BCUT2D eigenvalue weighted by atomic mass is 16.5. The van der Waals surface area contributed by atoms with Crippen LogP contribution < -0.4 is 4.74 Å². The fourth-order valence-corrected chi connectivity index (χ4v) is 4.11. The van der Waals surface area contributed by atoms with Gasteiger partial charge < -0.3 is 9.47 Å². The van der Waals surface area contributed by atoms with Gasteiger partial charge in [0.05, 0.1) is 7.11 Å². The van der Waals surface area contributed by atoms with Crippen LogP contribution in [0.25, 0.3) is 0 Å². The van der Waals surface area contributed by atoms with Gasteiger partial charge in [0.2, 0.25) is 0 Å². The van der Waals surface area contributed by atoms with Crippen LogP contribution in [0.2, 0.25) is 0 Å². The summed E-state index contributed by atoms with van der Waals surface area (Å²) in [5, 5.41) is 0. The highest BCUT2D eigenvalue weighted by molar-refractivity contribution is 5.85.